The predicted octanol–water partition coefficient (Wildman–Crippen LogP) is 3.36. The molecule has 2 aromatic heterocycles. The Kier molecular flexibility index (Phi) is 6.57. The fourth-order valence-electron chi connectivity index (χ4n) is 4.48. The van der Waals surface area contributed by atoms with Gasteiger partial charge in [0.1, 0.15) is 5.82 Å². The highest BCUT2D eigenvalue weighted by Gasteiger charge is 2.27. The van der Waals surface area contributed by atoms with Gasteiger partial charge in [-0.2, -0.15) is 0 Å². The van der Waals surface area contributed by atoms with E-state index in [1.165, 1.54) is 0 Å². The first-order valence-corrected chi connectivity index (χ1v) is 11.1. The van der Waals surface area contributed by atoms with Gasteiger partial charge in [0.25, 0.3) is 0 Å². The lowest BCUT2D eigenvalue weighted by molar-refractivity contribution is -0.134. The number of carbonyl (C=O) groups excluding carboxylic acids is 1. The van der Waals surface area contributed by atoms with Crippen LogP contribution in [0.1, 0.15) is 49.9 Å². The Balaban J connectivity index is 1.39. The number of aryl methyl sites for hydroxylation is 1. The Labute approximate surface area is 178 Å². The smallest absolute Gasteiger partial charge is 0.236 e. The van der Waals surface area contributed by atoms with Crippen molar-refractivity contribution in [1.29, 1.82) is 0 Å². The molecule has 2 fully saturated rings. The number of hydrogen-bond acceptors (Lipinski definition) is 6. The number of nitrogens with one attached hydrogen (secondary N) is 1. The molecule has 2 aliphatic rings. The van der Waals surface area contributed by atoms with Crippen LogP contribution in [0.15, 0.2) is 30.7 Å². The molecule has 0 radical (unpaired) electrons. The first kappa shape index (κ1) is 20.7. The van der Waals surface area contributed by atoms with Crippen LogP contribution < -0.4 is 5.32 Å². The van der Waals surface area contributed by atoms with Crippen molar-refractivity contribution in [3.63, 3.8) is 0 Å². The number of hydrogen-bond donors (Lipinski definition) is 1. The Bertz CT molecular complexity index is 850. The van der Waals surface area contributed by atoms with E-state index in [1.807, 2.05) is 13.0 Å². The second-order valence-electron chi connectivity index (χ2n) is 8.78. The molecule has 0 bridgehead atoms. The molecule has 7 nitrogen and oxygen atoms in total. The zero-order valence-corrected chi connectivity index (χ0v) is 18.0. The molecule has 4 rings (SSSR count). The highest BCUT2D eigenvalue weighted by atomic mass is 16.2. The maximum Gasteiger partial charge on any atom is 0.236 e. The summed E-state index contributed by atoms with van der Waals surface area (Å²) in [6, 6.07) is 4.14. The third-order valence-electron chi connectivity index (χ3n) is 6.23. The van der Waals surface area contributed by atoms with Gasteiger partial charge in [0.2, 0.25) is 5.91 Å². The highest BCUT2D eigenvalue weighted by Crippen LogP contribution is 2.28. The molecule has 2 aliphatic heterocycles. The van der Waals surface area contributed by atoms with Gasteiger partial charge in [-0.1, -0.05) is 6.92 Å². The summed E-state index contributed by atoms with van der Waals surface area (Å²) >= 11 is 0. The molecule has 2 aromatic rings. The van der Waals surface area contributed by atoms with Gasteiger partial charge in [0.15, 0.2) is 0 Å². The van der Waals surface area contributed by atoms with E-state index >= 15 is 0 Å². The van der Waals surface area contributed by atoms with E-state index in [1.54, 1.807) is 18.6 Å². The van der Waals surface area contributed by atoms with Crippen molar-refractivity contribution >= 4 is 17.4 Å². The van der Waals surface area contributed by atoms with Gasteiger partial charge in [-0.3, -0.25) is 19.7 Å². The number of piperidine rings is 2. The van der Waals surface area contributed by atoms with Crippen molar-refractivity contribution in [3.05, 3.63) is 42.1 Å². The zero-order chi connectivity index (χ0) is 20.9. The molecule has 0 spiro atoms. The van der Waals surface area contributed by atoms with Gasteiger partial charge < -0.3 is 10.2 Å². The fraction of sp³-hybridized carbons (Fsp3) is 0.565. The van der Waals surface area contributed by atoms with Crippen LogP contribution in [0.25, 0.3) is 0 Å². The fourth-order valence-corrected chi connectivity index (χ4v) is 4.48. The van der Waals surface area contributed by atoms with Gasteiger partial charge in [-0.15, -0.1) is 0 Å². The lowest BCUT2D eigenvalue weighted by atomic mass is 9.93. The topological polar surface area (TPSA) is 74.2 Å². The molecule has 0 aliphatic carbocycles. The van der Waals surface area contributed by atoms with Crippen molar-refractivity contribution < 1.29 is 4.79 Å². The Morgan fingerprint density at radius 3 is 2.77 bits per heavy atom. The van der Waals surface area contributed by atoms with Gasteiger partial charge in [-0.25, -0.2) is 4.98 Å². The van der Waals surface area contributed by atoms with Gasteiger partial charge >= 0.3 is 0 Å². The predicted molar refractivity (Wildman–Crippen MR) is 118 cm³/mol. The summed E-state index contributed by atoms with van der Waals surface area (Å²) in [6.45, 7) is 8.52. The Morgan fingerprint density at radius 1 is 1.17 bits per heavy atom. The molecule has 1 amide bonds. The maximum atomic E-state index is 12.8. The van der Waals surface area contributed by atoms with Crippen LogP contribution in [0, 0.1) is 12.8 Å². The summed E-state index contributed by atoms with van der Waals surface area (Å²) in [5.41, 5.74) is 3.05. The number of nitrogens with zero attached hydrogens (tertiary/aromatic N) is 5. The Hall–Kier alpha value is -2.54. The molecule has 4 heterocycles. The minimum atomic E-state index is 0.282. The first-order valence-electron chi connectivity index (χ1n) is 11.1. The molecule has 2 saturated heterocycles. The number of amides is 1. The van der Waals surface area contributed by atoms with Crippen LogP contribution >= 0.6 is 0 Å². The van der Waals surface area contributed by atoms with Crippen molar-refractivity contribution in [2.75, 3.05) is 38.0 Å². The van der Waals surface area contributed by atoms with Crippen LogP contribution in [-0.2, 0) is 4.79 Å². The van der Waals surface area contributed by atoms with Crippen molar-refractivity contribution in [1.82, 2.24) is 24.8 Å². The van der Waals surface area contributed by atoms with E-state index < -0.39 is 0 Å². The normalized spacial score (nSPS) is 20.9. The quantitative estimate of drug-likeness (QED) is 0.818. The summed E-state index contributed by atoms with van der Waals surface area (Å²) in [5.74, 6) is 2.09. The third kappa shape index (κ3) is 5.33. The van der Waals surface area contributed by atoms with Crippen LogP contribution in [0.5, 0.6) is 0 Å². The zero-order valence-electron chi connectivity index (χ0n) is 18.0. The summed E-state index contributed by atoms with van der Waals surface area (Å²) < 4.78 is 0. The maximum absolute atomic E-state index is 12.8. The largest absolute Gasteiger partial charge is 0.342 e. The number of carbonyl (C=O) groups is 1. The minimum Gasteiger partial charge on any atom is -0.342 e. The summed E-state index contributed by atoms with van der Waals surface area (Å²) in [5, 5.41) is 3.33. The van der Waals surface area contributed by atoms with E-state index in [2.05, 4.69) is 38.1 Å². The molecule has 0 saturated carbocycles. The van der Waals surface area contributed by atoms with Gasteiger partial charge in [0, 0.05) is 55.0 Å². The Morgan fingerprint density at radius 2 is 2.00 bits per heavy atom. The monoisotopic (exact) mass is 408 g/mol. The number of rotatable bonds is 5. The van der Waals surface area contributed by atoms with Crippen molar-refractivity contribution in [3.8, 4) is 0 Å². The second kappa shape index (κ2) is 9.51. The average molecular weight is 409 g/mol. The van der Waals surface area contributed by atoms with E-state index in [4.69, 9.17) is 4.98 Å². The van der Waals surface area contributed by atoms with E-state index in [0.717, 1.165) is 80.7 Å². The van der Waals surface area contributed by atoms with Crippen LogP contribution in [-0.4, -0.2) is 63.4 Å². The number of anilines is 2. The standard InChI is InChI=1S/C23H32N6O/c1-17-5-10-29(11-6-17)23(30)16-28-9-3-4-19(15-28)21-13-20(12-18(2)26-21)27-22-14-24-7-8-25-22/h7-8,12-14,17,19H,3-6,9-11,15-16H2,1-2H3,(H,25,26,27)/t19-/m1/s1. The first-order chi connectivity index (χ1) is 14.6. The molecule has 7 heteroatoms. The highest BCUT2D eigenvalue weighted by molar-refractivity contribution is 5.78. The van der Waals surface area contributed by atoms with E-state index in [-0.39, 0.29) is 5.91 Å². The van der Waals surface area contributed by atoms with Crippen LogP contribution in [0.2, 0.25) is 0 Å². The van der Waals surface area contributed by atoms with E-state index in [0.29, 0.717) is 12.5 Å². The number of aromatic nitrogens is 3. The van der Waals surface area contributed by atoms with Gasteiger partial charge in [0.05, 0.1) is 12.7 Å². The van der Waals surface area contributed by atoms with E-state index in [9.17, 15) is 4.79 Å². The average Bonchev–Trinajstić information content (AvgIpc) is 2.75. The van der Waals surface area contributed by atoms with Crippen LogP contribution in [0.3, 0.4) is 0 Å². The summed E-state index contributed by atoms with van der Waals surface area (Å²) in [7, 11) is 0. The van der Waals surface area contributed by atoms with Crippen molar-refractivity contribution in [2.45, 2.75) is 45.4 Å². The summed E-state index contributed by atoms with van der Waals surface area (Å²) in [4.78, 5) is 30.4. The minimum absolute atomic E-state index is 0.282. The van der Waals surface area contributed by atoms with Crippen LogP contribution in [0.4, 0.5) is 11.5 Å². The molecular formula is C23H32N6O. The molecule has 30 heavy (non-hydrogen) atoms. The molecule has 1 atom stereocenters. The lowest BCUT2D eigenvalue weighted by Crippen LogP contribution is -2.46. The van der Waals surface area contributed by atoms with Gasteiger partial charge in [-0.05, 0) is 57.2 Å². The second-order valence-corrected chi connectivity index (χ2v) is 8.78. The molecular weight excluding hydrogens is 376 g/mol. The SMILES string of the molecule is Cc1cc(Nc2cnccn2)cc([C@@H]2CCCN(CC(=O)N3CCC(C)CC3)C2)n1. The number of likely N-dealkylation sites (tertiary alicyclic amines) is 2. The molecule has 0 aromatic carbocycles. The molecule has 160 valence electrons. The molecule has 1 N–H and O–H groups in total. The summed E-state index contributed by atoms with van der Waals surface area (Å²) in [6.07, 6.45) is 9.51. The lowest BCUT2D eigenvalue weighted by Gasteiger charge is -2.35. The van der Waals surface area contributed by atoms with Crippen molar-refractivity contribution in [2.24, 2.45) is 5.92 Å². The number of pyridine rings is 1. The third-order valence-corrected chi connectivity index (χ3v) is 6.23. The molecule has 0 unspecified atom stereocenters.